The summed E-state index contributed by atoms with van der Waals surface area (Å²) in [6, 6.07) is 9.98. The highest BCUT2D eigenvalue weighted by Gasteiger charge is 2.22. The van der Waals surface area contributed by atoms with Gasteiger partial charge in [-0.2, -0.15) is 11.8 Å². The molecule has 0 spiro atoms. The van der Waals surface area contributed by atoms with Gasteiger partial charge in [-0.15, -0.1) is 0 Å². The minimum atomic E-state index is 0.562. The van der Waals surface area contributed by atoms with Crippen molar-refractivity contribution in [2.24, 2.45) is 0 Å². The van der Waals surface area contributed by atoms with E-state index in [1.54, 1.807) is 0 Å². The van der Waals surface area contributed by atoms with Crippen molar-refractivity contribution in [2.45, 2.75) is 56.4 Å². The Labute approximate surface area is 130 Å². The second kappa shape index (κ2) is 7.70. The molecular formula is C16H24BrNS. The molecule has 1 fully saturated rings. The first kappa shape index (κ1) is 15.4. The second-order valence-electron chi connectivity index (χ2n) is 5.62. The Morgan fingerprint density at radius 3 is 2.74 bits per heavy atom. The second-order valence-corrected chi connectivity index (χ2v) is 7.67. The Kier molecular flexibility index (Phi) is 6.24. The van der Waals surface area contributed by atoms with Crippen LogP contribution in [-0.2, 0) is 6.42 Å². The van der Waals surface area contributed by atoms with E-state index in [1.807, 2.05) is 11.8 Å². The number of nitrogens with one attached hydrogen (secondary N) is 1. The average Bonchev–Trinajstić information content (AvgIpc) is 2.41. The van der Waals surface area contributed by atoms with Gasteiger partial charge in [0.1, 0.15) is 0 Å². The highest BCUT2D eigenvalue weighted by Crippen LogP contribution is 2.27. The largest absolute Gasteiger partial charge is 0.311 e. The van der Waals surface area contributed by atoms with Gasteiger partial charge >= 0.3 is 0 Å². The standard InChI is InChI=1S/C16H24BrNS/c1-12(10-13-6-8-14(17)9-7-13)18-15-4-3-5-16(11-15)19-2/h6-9,12,15-16,18H,3-5,10-11H2,1-2H3. The molecule has 0 saturated heterocycles. The number of rotatable bonds is 5. The van der Waals surface area contributed by atoms with Gasteiger partial charge in [0, 0.05) is 21.8 Å². The molecule has 3 atom stereocenters. The summed E-state index contributed by atoms with van der Waals surface area (Å²) in [6.45, 7) is 2.31. The van der Waals surface area contributed by atoms with Crippen LogP contribution in [0.2, 0.25) is 0 Å². The molecule has 3 unspecified atom stereocenters. The lowest BCUT2D eigenvalue weighted by Crippen LogP contribution is -2.41. The zero-order valence-electron chi connectivity index (χ0n) is 11.9. The van der Waals surface area contributed by atoms with Gasteiger partial charge in [0.2, 0.25) is 0 Å². The maximum Gasteiger partial charge on any atom is 0.0175 e. The third kappa shape index (κ3) is 5.13. The molecule has 19 heavy (non-hydrogen) atoms. The number of thioether (sulfide) groups is 1. The third-order valence-electron chi connectivity index (χ3n) is 3.93. The lowest BCUT2D eigenvalue weighted by atomic mass is 9.94. The lowest BCUT2D eigenvalue weighted by Gasteiger charge is -2.31. The number of halogens is 1. The van der Waals surface area contributed by atoms with Crippen LogP contribution >= 0.6 is 27.7 Å². The van der Waals surface area contributed by atoms with E-state index in [1.165, 1.54) is 31.2 Å². The molecule has 0 amide bonds. The molecule has 1 aromatic rings. The highest BCUT2D eigenvalue weighted by atomic mass is 79.9. The van der Waals surface area contributed by atoms with Crippen LogP contribution in [0.3, 0.4) is 0 Å². The van der Waals surface area contributed by atoms with Crippen LogP contribution in [0.4, 0.5) is 0 Å². The summed E-state index contributed by atoms with van der Waals surface area (Å²) in [4.78, 5) is 0. The predicted octanol–water partition coefficient (Wildman–Crippen LogP) is 4.64. The zero-order valence-corrected chi connectivity index (χ0v) is 14.3. The average molecular weight is 342 g/mol. The van der Waals surface area contributed by atoms with Gasteiger partial charge in [-0.3, -0.25) is 0 Å². The first-order valence-corrected chi connectivity index (χ1v) is 9.28. The third-order valence-corrected chi connectivity index (χ3v) is 5.56. The van der Waals surface area contributed by atoms with Crippen LogP contribution < -0.4 is 5.32 Å². The van der Waals surface area contributed by atoms with Gasteiger partial charge in [0.25, 0.3) is 0 Å². The van der Waals surface area contributed by atoms with Crippen molar-refractivity contribution < 1.29 is 0 Å². The summed E-state index contributed by atoms with van der Waals surface area (Å²) < 4.78 is 1.16. The summed E-state index contributed by atoms with van der Waals surface area (Å²) >= 11 is 5.52. The van der Waals surface area contributed by atoms with E-state index >= 15 is 0 Å². The Hall–Kier alpha value is 0.01000. The number of benzene rings is 1. The van der Waals surface area contributed by atoms with Gasteiger partial charge in [-0.1, -0.05) is 34.5 Å². The Balaban J connectivity index is 1.80. The molecule has 0 aliphatic heterocycles. The van der Waals surface area contributed by atoms with Gasteiger partial charge in [0.15, 0.2) is 0 Å². The molecule has 0 heterocycles. The smallest absolute Gasteiger partial charge is 0.0175 e. The lowest BCUT2D eigenvalue weighted by molar-refractivity contribution is 0.349. The van der Waals surface area contributed by atoms with Crippen molar-refractivity contribution >= 4 is 27.7 Å². The zero-order chi connectivity index (χ0) is 13.7. The quantitative estimate of drug-likeness (QED) is 0.836. The normalized spacial score (nSPS) is 25.2. The molecule has 106 valence electrons. The van der Waals surface area contributed by atoms with Gasteiger partial charge in [-0.05, 0) is 56.6 Å². The van der Waals surface area contributed by atoms with E-state index in [0.717, 1.165) is 22.2 Å². The number of hydrogen-bond acceptors (Lipinski definition) is 2. The Morgan fingerprint density at radius 1 is 1.32 bits per heavy atom. The molecule has 2 rings (SSSR count). The van der Waals surface area contributed by atoms with Gasteiger partial charge < -0.3 is 5.32 Å². The monoisotopic (exact) mass is 341 g/mol. The van der Waals surface area contributed by atoms with E-state index in [4.69, 9.17) is 0 Å². The van der Waals surface area contributed by atoms with E-state index < -0.39 is 0 Å². The maximum absolute atomic E-state index is 3.82. The minimum Gasteiger partial charge on any atom is -0.311 e. The first-order valence-electron chi connectivity index (χ1n) is 7.20. The Bertz CT molecular complexity index is 379. The summed E-state index contributed by atoms with van der Waals surface area (Å²) in [7, 11) is 0. The van der Waals surface area contributed by atoms with Gasteiger partial charge in [0.05, 0.1) is 0 Å². The molecule has 1 aromatic carbocycles. The molecule has 0 bridgehead atoms. The topological polar surface area (TPSA) is 12.0 Å². The van der Waals surface area contributed by atoms with Crippen molar-refractivity contribution in [3.63, 3.8) is 0 Å². The summed E-state index contributed by atoms with van der Waals surface area (Å²) in [5, 5.41) is 4.69. The van der Waals surface area contributed by atoms with Crippen molar-refractivity contribution in [2.75, 3.05) is 6.26 Å². The summed E-state index contributed by atoms with van der Waals surface area (Å²) in [5.74, 6) is 0. The van der Waals surface area contributed by atoms with Crippen molar-refractivity contribution in [3.05, 3.63) is 34.3 Å². The minimum absolute atomic E-state index is 0.562. The van der Waals surface area contributed by atoms with Crippen LogP contribution in [-0.4, -0.2) is 23.6 Å². The molecule has 1 saturated carbocycles. The molecule has 1 aliphatic rings. The van der Waals surface area contributed by atoms with Crippen molar-refractivity contribution in [1.82, 2.24) is 5.32 Å². The van der Waals surface area contributed by atoms with Crippen LogP contribution in [0, 0.1) is 0 Å². The van der Waals surface area contributed by atoms with Crippen LogP contribution in [0.5, 0.6) is 0 Å². The van der Waals surface area contributed by atoms with E-state index in [0.29, 0.717) is 6.04 Å². The predicted molar refractivity (Wildman–Crippen MR) is 90.0 cm³/mol. The van der Waals surface area contributed by atoms with E-state index in [-0.39, 0.29) is 0 Å². The molecule has 0 radical (unpaired) electrons. The van der Waals surface area contributed by atoms with Crippen molar-refractivity contribution in [1.29, 1.82) is 0 Å². The molecule has 3 heteroatoms. The fraction of sp³-hybridized carbons (Fsp3) is 0.625. The summed E-state index contributed by atoms with van der Waals surface area (Å²) in [5.41, 5.74) is 1.42. The molecular weight excluding hydrogens is 318 g/mol. The van der Waals surface area contributed by atoms with E-state index in [9.17, 15) is 0 Å². The Morgan fingerprint density at radius 2 is 2.05 bits per heavy atom. The molecule has 1 nitrogen and oxygen atoms in total. The molecule has 1 N–H and O–H groups in total. The van der Waals surface area contributed by atoms with Gasteiger partial charge in [-0.25, -0.2) is 0 Å². The first-order chi connectivity index (χ1) is 9.17. The molecule has 0 aromatic heterocycles. The van der Waals surface area contributed by atoms with Crippen LogP contribution in [0.15, 0.2) is 28.7 Å². The fourth-order valence-corrected chi connectivity index (χ4v) is 4.04. The fourth-order valence-electron chi connectivity index (χ4n) is 2.95. The highest BCUT2D eigenvalue weighted by molar-refractivity contribution is 9.10. The summed E-state index contributed by atoms with van der Waals surface area (Å²) in [6.07, 6.45) is 8.84. The molecule has 1 aliphatic carbocycles. The van der Waals surface area contributed by atoms with E-state index in [2.05, 4.69) is 58.7 Å². The van der Waals surface area contributed by atoms with Crippen molar-refractivity contribution in [3.8, 4) is 0 Å². The maximum atomic E-state index is 3.82. The SMILES string of the molecule is CSC1CCCC(NC(C)Cc2ccc(Br)cc2)C1. The van der Waals surface area contributed by atoms with Crippen LogP contribution in [0.25, 0.3) is 0 Å². The van der Waals surface area contributed by atoms with Crippen LogP contribution in [0.1, 0.15) is 38.2 Å². The number of hydrogen-bond donors (Lipinski definition) is 1.